The van der Waals surface area contributed by atoms with E-state index in [1.807, 2.05) is 0 Å². The van der Waals surface area contributed by atoms with E-state index in [4.69, 9.17) is 5.73 Å². The van der Waals surface area contributed by atoms with E-state index in [1.54, 1.807) is 0 Å². The Balaban J connectivity index is 2.21. The van der Waals surface area contributed by atoms with Gasteiger partial charge in [0.25, 0.3) is 0 Å². The van der Waals surface area contributed by atoms with Gasteiger partial charge in [0.15, 0.2) is 0 Å². The monoisotopic (exact) mass is 165 g/mol. The molecule has 1 aromatic rings. The summed E-state index contributed by atoms with van der Waals surface area (Å²) < 4.78 is 0. The number of hydrogen-bond donors (Lipinski definition) is 1. The molecule has 0 aliphatic carbocycles. The lowest BCUT2D eigenvalue weighted by Crippen LogP contribution is -2.20. The summed E-state index contributed by atoms with van der Waals surface area (Å²) in [5, 5.41) is 0. The van der Waals surface area contributed by atoms with Gasteiger partial charge in [-0.05, 0) is 12.8 Å². The second-order valence-corrected chi connectivity index (χ2v) is 2.84. The third-order valence-electron chi connectivity index (χ3n) is 1.97. The fourth-order valence-electron chi connectivity index (χ4n) is 1.37. The van der Waals surface area contributed by atoms with Crippen LogP contribution in [0.25, 0.3) is 0 Å². The molecule has 0 saturated carbocycles. The Kier molecular flexibility index (Phi) is 1.77. The third-order valence-corrected chi connectivity index (χ3v) is 1.97. The Labute approximate surface area is 70.6 Å². The summed E-state index contributed by atoms with van der Waals surface area (Å²) in [7, 11) is 0. The van der Waals surface area contributed by atoms with Crippen molar-refractivity contribution in [3.05, 3.63) is 6.33 Å². The zero-order valence-electron chi connectivity index (χ0n) is 6.77. The molecular formula is C7H11N5. The second-order valence-electron chi connectivity index (χ2n) is 2.84. The molecule has 0 spiro atoms. The van der Waals surface area contributed by atoms with Crippen LogP contribution in [0.15, 0.2) is 6.33 Å². The van der Waals surface area contributed by atoms with Gasteiger partial charge in [-0.2, -0.15) is 4.98 Å². The number of nitrogen functional groups attached to an aromatic ring is 1. The van der Waals surface area contributed by atoms with Crippen LogP contribution in [-0.2, 0) is 0 Å². The highest BCUT2D eigenvalue weighted by Gasteiger charge is 2.14. The number of nitrogens with two attached hydrogens (primary N) is 1. The first-order valence-electron chi connectivity index (χ1n) is 4.06. The molecule has 2 N–H and O–H groups in total. The first-order valence-corrected chi connectivity index (χ1v) is 4.06. The Morgan fingerprint density at radius 3 is 2.67 bits per heavy atom. The molecule has 1 aliphatic heterocycles. The fraction of sp³-hybridized carbons (Fsp3) is 0.571. The quantitative estimate of drug-likeness (QED) is 0.637. The average molecular weight is 165 g/mol. The molecule has 1 aliphatic rings. The molecule has 5 heteroatoms. The summed E-state index contributed by atoms with van der Waals surface area (Å²) >= 11 is 0. The Hall–Kier alpha value is -1.39. The van der Waals surface area contributed by atoms with Crippen LogP contribution >= 0.6 is 0 Å². The Bertz CT molecular complexity index is 268. The number of anilines is 2. The van der Waals surface area contributed by atoms with Crippen molar-refractivity contribution in [1.29, 1.82) is 0 Å². The highest BCUT2D eigenvalue weighted by atomic mass is 15.3. The van der Waals surface area contributed by atoms with Gasteiger partial charge in [-0.1, -0.05) is 0 Å². The minimum Gasteiger partial charge on any atom is -0.368 e. The zero-order chi connectivity index (χ0) is 8.39. The van der Waals surface area contributed by atoms with Gasteiger partial charge in [0.2, 0.25) is 11.9 Å². The smallest absolute Gasteiger partial charge is 0.230 e. The van der Waals surface area contributed by atoms with Crippen LogP contribution in [0.4, 0.5) is 11.9 Å². The summed E-state index contributed by atoms with van der Waals surface area (Å²) in [5.41, 5.74) is 5.44. The predicted molar refractivity (Wildman–Crippen MR) is 45.7 cm³/mol. The summed E-state index contributed by atoms with van der Waals surface area (Å²) in [6, 6.07) is 0. The number of hydrogen-bond acceptors (Lipinski definition) is 5. The van der Waals surface area contributed by atoms with Gasteiger partial charge in [0.1, 0.15) is 6.33 Å². The molecule has 1 fully saturated rings. The lowest BCUT2D eigenvalue weighted by atomic mass is 10.4. The van der Waals surface area contributed by atoms with Gasteiger partial charge in [0, 0.05) is 13.1 Å². The van der Waals surface area contributed by atoms with Gasteiger partial charge >= 0.3 is 0 Å². The van der Waals surface area contributed by atoms with E-state index in [9.17, 15) is 0 Å². The standard InChI is InChI=1S/C7H11N5/c8-6-9-5-10-7(11-6)12-3-1-2-4-12/h5H,1-4H2,(H2,8,9,10,11). The van der Waals surface area contributed by atoms with Gasteiger partial charge in [-0.15, -0.1) is 0 Å². The SMILES string of the molecule is Nc1ncnc(N2CCCC2)n1. The molecule has 0 amide bonds. The van der Waals surface area contributed by atoms with Crippen molar-refractivity contribution in [2.45, 2.75) is 12.8 Å². The maximum atomic E-state index is 5.44. The van der Waals surface area contributed by atoms with Crippen LogP contribution in [0.1, 0.15) is 12.8 Å². The molecule has 12 heavy (non-hydrogen) atoms. The molecule has 0 aromatic carbocycles. The summed E-state index contributed by atoms with van der Waals surface area (Å²) in [6.45, 7) is 2.06. The van der Waals surface area contributed by atoms with Crippen LogP contribution in [-0.4, -0.2) is 28.0 Å². The van der Waals surface area contributed by atoms with E-state index in [1.165, 1.54) is 19.2 Å². The van der Waals surface area contributed by atoms with Crippen molar-refractivity contribution in [3.63, 3.8) is 0 Å². The second kappa shape index (κ2) is 2.92. The van der Waals surface area contributed by atoms with E-state index in [2.05, 4.69) is 19.9 Å². The maximum absolute atomic E-state index is 5.44. The molecule has 0 bridgehead atoms. The molecule has 5 nitrogen and oxygen atoms in total. The molecule has 1 aromatic heterocycles. The molecule has 0 unspecified atom stereocenters. The first kappa shape index (κ1) is 7.27. The van der Waals surface area contributed by atoms with Crippen LogP contribution in [0.2, 0.25) is 0 Å². The molecule has 0 radical (unpaired) electrons. The van der Waals surface area contributed by atoms with E-state index < -0.39 is 0 Å². The van der Waals surface area contributed by atoms with Crippen molar-refractivity contribution in [3.8, 4) is 0 Å². The topological polar surface area (TPSA) is 67.9 Å². The predicted octanol–water partition coefficient (Wildman–Crippen LogP) is 0.0540. The molecule has 1 saturated heterocycles. The summed E-state index contributed by atoms with van der Waals surface area (Å²) in [5.74, 6) is 1.01. The average Bonchev–Trinajstić information content (AvgIpc) is 2.56. The normalized spacial score (nSPS) is 16.8. The highest BCUT2D eigenvalue weighted by molar-refractivity contribution is 5.33. The Morgan fingerprint density at radius 1 is 1.25 bits per heavy atom. The van der Waals surface area contributed by atoms with Crippen LogP contribution in [0.3, 0.4) is 0 Å². The lowest BCUT2D eigenvalue weighted by molar-refractivity contribution is 0.884. The summed E-state index contributed by atoms with van der Waals surface area (Å²) in [4.78, 5) is 13.9. The molecule has 2 heterocycles. The fourth-order valence-corrected chi connectivity index (χ4v) is 1.37. The molecule has 2 rings (SSSR count). The largest absolute Gasteiger partial charge is 0.368 e. The van der Waals surface area contributed by atoms with Gasteiger partial charge in [0.05, 0.1) is 0 Å². The van der Waals surface area contributed by atoms with Gasteiger partial charge in [-0.25, -0.2) is 9.97 Å². The van der Waals surface area contributed by atoms with Crippen molar-refractivity contribution >= 4 is 11.9 Å². The van der Waals surface area contributed by atoms with Crippen LogP contribution in [0.5, 0.6) is 0 Å². The van der Waals surface area contributed by atoms with E-state index >= 15 is 0 Å². The number of rotatable bonds is 1. The Morgan fingerprint density at radius 2 is 2.00 bits per heavy atom. The maximum Gasteiger partial charge on any atom is 0.230 e. The minimum absolute atomic E-state index is 0.298. The van der Waals surface area contributed by atoms with Crippen molar-refractivity contribution in [2.75, 3.05) is 23.7 Å². The lowest BCUT2D eigenvalue weighted by Gasteiger charge is -2.13. The van der Waals surface area contributed by atoms with Crippen molar-refractivity contribution in [2.24, 2.45) is 0 Å². The van der Waals surface area contributed by atoms with Crippen LogP contribution in [0, 0.1) is 0 Å². The van der Waals surface area contributed by atoms with Crippen molar-refractivity contribution < 1.29 is 0 Å². The van der Waals surface area contributed by atoms with Crippen molar-refractivity contribution in [1.82, 2.24) is 15.0 Å². The highest BCUT2D eigenvalue weighted by Crippen LogP contribution is 2.14. The van der Waals surface area contributed by atoms with Crippen LogP contribution < -0.4 is 10.6 Å². The third kappa shape index (κ3) is 1.30. The van der Waals surface area contributed by atoms with E-state index in [0.717, 1.165) is 13.1 Å². The zero-order valence-corrected chi connectivity index (χ0v) is 6.77. The number of nitrogens with zero attached hydrogens (tertiary/aromatic N) is 4. The minimum atomic E-state index is 0.298. The summed E-state index contributed by atoms with van der Waals surface area (Å²) in [6.07, 6.45) is 3.88. The van der Waals surface area contributed by atoms with Gasteiger partial charge in [-0.3, -0.25) is 0 Å². The number of aromatic nitrogens is 3. The van der Waals surface area contributed by atoms with Gasteiger partial charge < -0.3 is 10.6 Å². The first-order chi connectivity index (χ1) is 5.86. The van der Waals surface area contributed by atoms with E-state index in [0.29, 0.717) is 11.9 Å². The molecule has 0 atom stereocenters. The van der Waals surface area contributed by atoms with E-state index in [-0.39, 0.29) is 0 Å². The molecule has 64 valence electrons. The molecular weight excluding hydrogens is 154 g/mol.